The van der Waals surface area contributed by atoms with Gasteiger partial charge >= 0.3 is 0 Å². The molecule has 7 nitrogen and oxygen atoms in total. The van der Waals surface area contributed by atoms with Crippen LogP contribution < -0.4 is 10.9 Å². The quantitative estimate of drug-likeness (QED) is 0.395. The Labute approximate surface area is 191 Å². The summed E-state index contributed by atoms with van der Waals surface area (Å²) < 4.78 is 4.24. The highest BCUT2D eigenvalue weighted by atomic mass is 79.9. The third-order valence-electron chi connectivity index (χ3n) is 5.19. The van der Waals surface area contributed by atoms with Gasteiger partial charge in [-0.15, -0.1) is 0 Å². The fourth-order valence-electron chi connectivity index (χ4n) is 3.53. The number of rotatable bonds is 5. The van der Waals surface area contributed by atoms with Gasteiger partial charge in [-0.05, 0) is 42.5 Å². The highest BCUT2D eigenvalue weighted by molar-refractivity contribution is 9.10. The van der Waals surface area contributed by atoms with E-state index in [0.29, 0.717) is 16.6 Å². The van der Waals surface area contributed by atoms with Gasteiger partial charge in [0, 0.05) is 41.1 Å². The molecule has 0 atom stereocenters. The fraction of sp³-hybridized carbons (Fsp3) is 0.0833. The fourth-order valence-corrected chi connectivity index (χ4v) is 3.90. The van der Waals surface area contributed by atoms with E-state index in [4.69, 9.17) is 0 Å². The Bertz CT molecular complexity index is 1470. The van der Waals surface area contributed by atoms with Gasteiger partial charge in [-0.2, -0.15) is 0 Å². The molecule has 158 valence electrons. The summed E-state index contributed by atoms with van der Waals surface area (Å²) in [6.45, 7) is 0.249. The number of carbonyl (C=O) groups is 1. The summed E-state index contributed by atoms with van der Waals surface area (Å²) in [5.74, 6) is -0.174. The lowest BCUT2D eigenvalue weighted by atomic mass is 10.1. The molecule has 3 heterocycles. The van der Waals surface area contributed by atoms with Crippen LogP contribution in [0.5, 0.6) is 0 Å². The van der Waals surface area contributed by atoms with E-state index in [1.807, 2.05) is 65.3 Å². The molecule has 8 heteroatoms. The largest absolute Gasteiger partial charge is 0.326 e. The van der Waals surface area contributed by atoms with Crippen LogP contribution in [0.25, 0.3) is 27.8 Å². The van der Waals surface area contributed by atoms with E-state index in [1.165, 1.54) is 10.9 Å². The monoisotopic (exact) mass is 487 g/mol. The van der Waals surface area contributed by atoms with Crippen molar-refractivity contribution in [2.24, 2.45) is 0 Å². The molecule has 0 spiro atoms. The van der Waals surface area contributed by atoms with Crippen LogP contribution in [0.2, 0.25) is 0 Å². The predicted molar refractivity (Wildman–Crippen MR) is 128 cm³/mol. The number of anilines is 1. The predicted octanol–water partition coefficient (Wildman–Crippen LogP) is 4.50. The Kier molecular flexibility index (Phi) is 5.28. The van der Waals surface area contributed by atoms with Gasteiger partial charge in [-0.25, -0.2) is 9.97 Å². The van der Waals surface area contributed by atoms with Crippen molar-refractivity contribution in [3.8, 4) is 11.3 Å². The van der Waals surface area contributed by atoms with Crippen LogP contribution in [0, 0.1) is 0 Å². The average Bonchev–Trinajstić information content (AvgIpc) is 3.24. The van der Waals surface area contributed by atoms with Crippen LogP contribution in [0.4, 0.5) is 5.69 Å². The van der Waals surface area contributed by atoms with E-state index in [1.54, 1.807) is 12.1 Å². The summed E-state index contributed by atoms with van der Waals surface area (Å²) in [6, 6.07) is 18.8. The molecule has 32 heavy (non-hydrogen) atoms. The number of benzene rings is 2. The molecule has 2 aromatic carbocycles. The standard InChI is InChI=1S/C24H18BrN5O2/c25-17-6-9-20-19(13-17)24(32)30(15-26-20)12-10-23(31)27-18-7-4-16(5-8-18)21-14-29-11-2-1-3-22(29)28-21/h1-9,11,13-15H,10,12H2,(H,27,31). The molecule has 1 N–H and O–H groups in total. The van der Waals surface area contributed by atoms with Crippen LogP contribution in [-0.2, 0) is 11.3 Å². The number of halogens is 1. The number of pyridine rings is 1. The third-order valence-corrected chi connectivity index (χ3v) is 5.69. The number of nitrogens with zero attached hydrogens (tertiary/aromatic N) is 4. The Balaban J connectivity index is 1.25. The van der Waals surface area contributed by atoms with Crippen molar-refractivity contribution < 1.29 is 4.79 Å². The van der Waals surface area contributed by atoms with Gasteiger partial charge in [0.2, 0.25) is 5.91 Å². The first-order valence-corrected chi connectivity index (χ1v) is 10.8. The minimum Gasteiger partial charge on any atom is -0.326 e. The molecule has 0 saturated heterocycles. The Morgan fingerprint density at radius 1 is 1.06 bits per heavy atom. The number of amides is 1. The van der Waals surface area contributed by atoms with E-state index >= 15 is 0 Å². The molecule has 0 fully saturated rings. The van der Waals surface area contributed by atoms with Gasteiger partial charge in [-0.1, -0.05) is 34.1 Å². The second-order valence-electron chi connectivity index (χ2n) is 7.37. The zero-order chi connectivity index (χ0) is 22.1. The molecule has 3 aromatic heterocycles. The van der Waals surface area contributed by atoms with E-state index < -0.39 is 0 Å². The lowest BCUT2D eigenvalue weighted by molar-refractivity contribution is -0.116. The number of imidazole rings is 1. The maximum atomic E-state index is 12.7. The van der Waals surface area contributed by atoms with Crippen molar-refractivity contribution >= 4 is 44.1 Å². The van der Waals surface area contributed by atoms with Crippen LogP contribution in [0.1, 0.15) is 6.42 Å². The van der Waals surface area contributed by atoms with Gasteiger partial charge in [0.25, 0.3) is 5.56 Å². The van der Waals surface area contributed by atoms with Crippen LogP contribution >= 0.6 is 15.9 Å². The van der Waals surface area contributed by atoms with Gasteiger partial charge in [-0.3, -0.25) is 14.2 Å². The third kappa shape index (κ3) is 4.04. The van der Waals surface area contributed by atoms with Gasteiger partial charge in [0.05, 0.1) is 22.9 Å². The van der Waals surface area contributed by atoms with Crippen LogP contribution in [0.3, 0.4) is 0 Å². The Morgan fingerprint density at radius 3 is 2.72 bits per heavy atom. The highest BCUT2D eigenvalue weighted by Gasteiger charge is 2.09. The summed E-state index contributed by atoms with van der Waals surface area (Å²) in [4.78, 5) is 34.0. The van der Waals surface area contributed by atoms with Crippen molar-refractivity contribution in [1.29, 1.82) is 0 Å². The van der Waals surface area contributed by atoms with Crippen molar-refractivity contribution in [2.45, 2.75) is 13.0 Å². The Morgan fingerprint density at radius 2 is 1.91 bits per heavy atom. The molecule has 0 aliphatic rings. The molecule has 0 radical (unpaired) electrons. The van der Waals surface area contributed by atoms with Crippen molar-refractivity contribution in [3.05, 3.63) is 94.2 Å². The van der Waals surface area contributed by atoms with Crippen LogP contribution in [0.15, 0.2) is 88.7 Å². The Hall–Kier alpha value is -3.78. The van der Waals surface area contributed by atoms with E-state index in [-0.39, 0.29) is 24.4 Å². The molecule has 0 bridgehead atoms. The van der Waals surface area contributed by atoms with Crippen molar-refractivity contribution in [1.82, 2.24) is 18.9 Å². The molecule has 0 aliphatic heterocycles. The van der Waals surface area contributed by atoms with Crippen molar-refractivity contribution in [3.63, 3.8) is 0 Å². The molecular weight excluding hydrogens is 470 g/mol. The minimum atomic E-state index is -0.174. The van der Waals surface area contributed by atoms with Crippen LogP contribution in [-0.4, -0.2) is 24.8 Å². The van der Waals surface area contributed by atoms with Gasteiger partial charge in [0.15, 0.2) is 0 Å². The number of fused-ring (bicyclic) bond motifs is 2. The van der Waals surface area contributed by atoms with Gasteiger partial charge in [0.1, 0.15) is 5.65 Å². The topological polar surface area (TPSA) is 81.3 Å². The second-order valence-corrected chi connectivity index (χ2v) is 8.29. The first kappa shape index (κ1) is 20.1. The molecule has 0 unspecified atom stereocenters. The SMILES string of the molecule is O=C(CCn1cnc2ccc(Br)cc2c1=O)Nc1ccc(-c2cn3ccccc3n2)cc1. The number of aryl methyl sites for hydroxylation is 1. The molecule has 5 aromatic rings. The normalized spacial score (nSPS) is 11.2. The number of aromatic nitrogens is 4. The second kappa shape index (κ2) is 8.39. The molecule has 0 saturated carbocycles. The number of carbonyl (C=O) groups excluding carboxylic acids is 1. The van der Waals surface area contributed by atoms with E-state index in [9.17, 15) is 9.59 Å². The molecule has 0 aliphatic carbocycles. The summed E-state index contributed by atoms with van der Waals surface area (Å²) >= 11 is 3.37. The van der Waals surface area contributed by atoms with E-state index in [2.05, 4.69) is 31.2 Å². The van der Waals surface area contributed by atoms with Crippen molar-refractivity contribution in [2.75, 3.05) is 5.32 Å². The molecular formula is C24H18BrN5O2. The number of hydrogen-bond acceptors (Lipinski definition) is 4. The lowest BCUT2D eigenvalue weighted by Crippen LogP contribution is -2.23. The summed E-state index contributed by atoms with van der Waals surface area (Å²) in [7, 11) is 0. The smallest absolute Gasteiger partial charge is 0.261 e. The summed E-state index contributed by atoms with van der Waals surface area (Å²) in [5.41, 5.74) is 3.86. The maximum Gasteiger partial charge on any atom is 0.261 e. The summed E-state index contributed by atoms with van der Waals surface area (Å²) in [6.07, 6.45) is 5.57. The lowest BCUT2D eigenvalue weighted by Gasteiger charge is -2.08. The minimum absolute atomic E-state index is 0.162. The average molecular weight is 488 g/mol. The number of hydrogen-bond donors (Lipinski definition) is 1. The molecule has 5 rings (SSSR count). The zero-order valence-corrected chi connectivity index (χ0v) is 18.5. The van der Waals surface area contributed by atoms with E-state index in [0.717, 1.165) is 21.4 Å². The number of nitrogens with one attached hydrogen (secondary N) is 1. The maximum absolute atomic E-state index is 12.7. The summed E-state index contributed by atoms with van der Waals surface area (Å²) in [5, 5.41) is 3.39. The molecule has 1 amide bonds. The van der Waals surface area contributed by atoms with Gasteiger partial charge < -0.3 is 9.72 Å². The first-order valence-electron chi connectivity index (χ1n) is 10.1. The first-order chi connectivity index (χ1) is 15.6. The highest BCUT2D eigenvalue weighted by Crippen LogP contribution is 2.21. The zero-order valence-electron chi connectivity index (χ0n) is 16.9.